The van der Waals surface area contributed by atoms with Crippen LogP contribution in [0.1, 0.15) is 39.5 Å². The number of nitrogens with one attached hydrogen (secondary N) is 1. The van der Waals surface area contributed by atoms with Crippen molar-refractivity contribution >= 4 is 11.8 Å². The molecule has 6 atom stereocenters. The van der Waals surface area contributed by atoms with Crippen LogP contribution in [0.5, 0.6) is 0 Å². The topological polar surface area (TPSA) is 12.0 Å². The lowest BCUT2D eigenvalue weighted by molar-refractivity contribution is 0.297. The summed E-state index contributed by atoms with van der Waals surface area (Å²) in [6.07, 6.45) is 38.0. The number of rotatable bonds is 3. The van der Waals surface area contributed by atoms with Crippen LogP contribution in [-0.4, -0.2) is 11.3 Å². The van der Waals surface area contributed by atoms with Gasteiger partial charge in [-0.3, -0.25) is 0 Å². The van der Waals surface area contributed by atoms with Gasteiger partial charge >= 0.3 is 0 Å². The van der Waals surface area contributed by atoms with Crippen LogP contribution in [0.15, 0.2) is 118 Å². The van der Waals surface area contributed by atoms with E-state index in [-0.39, 0.29) is 5.41 Å². The highest BCUT2D eigenvalue weighted by Crippen LogP contribution is 2.63. The van der Waals surface area contributed by atoms with E-state index in [1.165, 1.54) is 24.1 Å². The Morgan fingerprint density at radius 1 is 0.914 bits per heavy atom. The van der Waals surface area contributed by atoms with Gasteiger partial charge < -0.3 is 5.32 Å². The van der Waals surface area contributed by atoms with Gasteiger partial charge in [-0.05, 0) is 64.7 Å². The van der Waals surface area contributed by atoms with Crippen molar-refractivity contribution in [3.63, 3.8) is 0 Å². The molecule has 7 rings (SSSR count). The molecule has 0 aromatic carbocycles. The lowest BCUT2D eigenvalue weighted by atomic mass is 9.67. The van der Waals surface area contributed by atoms with Gasteiger partial charge in [0.1, 0.15) is 0 Å². The van der Waals surface area contributed by atoms with Gasteiger partial charge in [0, 0.05) is 34.7 Å². The van der Waals surface area contributed by atoms with Gasteiger partial charge in [-0.2, -0.15) is 0 Å². The minimum absolute atomic E-state index is 0.163. The van der Waals surface area contributed by atoms with Crippen molar-refractivity contribution in [1.82, 2.24) is 5.32 Å². The zero-order chi connectivity index (χ0) is 23.6. The van der Waals surface area contributed by atoms with Crippen molar-refractivity contribution in [3.05, 3.63) is 118 Å². The Morgan fingerprint density at radius 3 is 2.69 bits per heavy atom. The normalized spacial score (nSPS) is 37.7. The molecule has 1 heterocycles. The maximum atomic E-state index is 3.85. The number of hydrogen-bond acceptors (Lipinski definition) is 2. The summed E-state index contributed by atoms with van der Waals surface area (Å²) in [5.74, 6) is 2.13. The fraction of sp³-hybridized carbons (Fsp3) is 0.394. The third kappa shape index (κ3) is 3.51. The second kappa shape index (κ2) is 8.30. The predicted molar refractivity (Wildman–Crippen MR) is 150 cm³/mol. The van der Waals surface area contributed by atoms with Gasteiger partial charge in [-0.15, -0.1) is 11.8 Å². The number of fused-ring (bicyclic) bond motifs is 5. The second-order valence-corrected chi connectivity index (χ2v) is 12.8. The van der Waals surface area contributed by atoms with E-state index in [4.69, 9.17) is 0 Å². The lowest BCUT2D eigenvalue weighted by Gasteiger charge is -2.37. The molecule has 1 N–H and O–H groups in total. The first-order valence-electron chi connectivity index (χ1n) is 13.5. The molecule has 1 nitrogen and oxygen atoms in total. The predicted octanol–water partition coefficient (Wildman–Crippen LogP) is 7.89. The molecule has 2 heteroatoms. The molecule has 0 bridgehead atoms. The molecular weight excluding hydrogens is 442 g/mol. The van der Waals surface area contributed by atoms with E-state index < -0.39 is 0 Å². The Kier molecular flexibility index (Phi) is 5.17. The molecule has 0 aromatic heterocycles. The number of thioether (sulfide) groups is 1. The van der Waals surface area contributed by atoms with Crippen LogP contribution in [0.4, 0.5) is 0 Å². The molecule has 1 aliphatic heterocycles. The van der Waals surface area contributed by atoms with E-state index in [2.05, 4.69) is 116 Å². The monoisotopic (exact) mass is 477 g/mol. The molecule has 178 valence electrons. The number of hydrogen-bond donors (Lipinski definition) is 1. The lowest BCUT2D eigenvalue weighted by Crippen LogP contribution is -2.33. The molecule has 0 saturated heterocycles. The van der Waals surface area contributed by atoms with Crippen LogP contribution in [0.2, 0.25) is 0 Å². The summed E-state index contributed by atoms with van der Waals surface area (Å²) >= 11 is 2.14. The van der Waals surface area contributed by atoms with Gasteiger partial charge in [-0.1, -0.05) is 98.4 Å². The summed E-state index contributed by atoms with van der Waals surface area (Å²) in [5, 5.41) is 4.45. The van der Waals surface area contributed by atoms with Crippen molar-refractivity contribution in [3.8, 4) is 0 Å². The number of allylic oxidation sites excluding steroid dienone is 16. The van der Waals surface area contributed by atoms with Gasteiger partial charge in [0.2, 0.25) is 0 Å². The van der Waals surface area contributed by atoms with E-state index in [1.54, 1.807) is 21.6 Å². The van der Waals surface area contributed by atoms with Crippen LogP contribution in [0.3, 0.4) is 0 Å². The van der Waals surface area contributed by atoms with Crippen LogP contribution in [0.25, 0.3) is 0 Å². The fourth-order valence-corrected chi connectivity index (χ4v) is 8.92. The van der Waals surface area contributed by atoms with Crippen LogP contribution in [0, 0.1) is 29.1 Å². The van der Waals surface area contributed by atoms with E-state index >= 15 is 0 Å². The third-order valence-corrected chi connectivity index (χ3v) is 10.6. The highest BCUT2D eigenvalue weighted by Gasteiger charge is 2.53. The molecule has 0 aromatic rings. The van der Waals surface area contributed by atoms with Gasteiger partial charge in [0.15, 0.2) is 0 Å². The molecule has 6 aliphatic carbocycles. The van der Waals surface area contributed by atoms with Crippen LogP contribution in [-0.2, 0) is 0 Å². The first-order valence-corrected chi connectivity index (χ1v) is 14.3. The Morgan fingerprint density at radius 2 is 1.86 bits per heavy atom. The van der Waals surface area contributed by atoms with Crippen molar-refractivity contribution in [2.75, 3.05) is 0 Å². The Hall–Kier alpha value is -2.45. The van der Waals surface area contributed by atoms with E-state index in [0.717, 1.165) is 12.8 Å². The minimum Gasteiger partial charge on any atom is -0.379 e. The van der Waals surface area contributed by atoms with E-state index in [9.17, 15) is 0 Å². The molecule has 6 unspecified atom stereocenters. The first kappa shape index (κ1) is 21.8. The molecule has 0 fully saturated rings. The summed E-state index contributed by atoms with van der Waals surface area (Å²) in [7, 11) is 0. The summed E-state index contributed by atoms with van der Waals surface area (Å²) in [6.45, 7) is 5.02. The van der Waals surface area contributed by atoms with Crippen LogP contribution < -0.4 is 5.32 Å². The molecular formula is C33H35NS. The van der Waals surface area contributed by atoms with Gasteiger partial charge in [0.05, 0.1) is 0 Å². The van der Waals surface area contributed by atoms with E-state index in [0.29, 0.717) is 35.0 Å². The largest absolute Gasteiger partial charge is 0.379 e. The Bertz CT molecular complexity index is 1250. The molecule has 0 spiro atoms. The molecule has 0 radical (unpaired) electrons. The van der Waals surface area contributed by atoms with Gasteiger partial charge in [-0.25, -0.2) is 0 Å². The average Bonchev–Trinajstić information content (AvgIpc) is 3.37. The standard InChI is InChI=1S/C33H35NS/c1-33(2)28-20-24(34-23-14-12-22(13-15-23)21-8-4-3-5-9-21)16-17-25(28)26-18-19-30-31(32(26)33)27-10-6-7-11-29(27)35-30/h3-6,8,10,12-14,16-21,23,25,28,30-31,34H,7,9,11,15H2,1-2H3. The average molecular weight is 478 g/mol. The molecule has 7 aliphatic rings. The maximum Gasteiger partial charge on any atom is 0.0482 e. The summed E-state index contributed by atoms with van der Waals surface area (Å²) in [5.41, 5.74) is 7.86. The molecule has 0 amide bonds. The Balaban J connectivity index is 1.11. The highest BCUT2D eigenvalue weighted by molar-refractivity contribution is 8.04. The van der Waals surface area contributed by atoms with Crippen molar-refractivity contribution in [1.29, 1.82) is 0 Å². The maximum absolute atomic E-state index is 3.85. The minimum atomic E-state index is 0.163. The van der Waals surface area contributed by atoms with Crippen molar-refractivity contribution in [2.45, 2.75) is 50.8 Å². The quantitative estimate of drug-likeness (QED) is 0.443. The van der Waals surface area contributed by atoms with Crippen molar-refractivity contribution < 1.29 is 0 Å². The zero-order valence-electron chi connectivity index (χ0n) is 20.8. The Labute approximate surface area is 214 Å². The molecule has 35 heavy (non-hydrogen) atoms. The SMILES string of the molecule is CC1(C)C2=C(C=CC3SC4=C(C=CCC4)C23)C2C=CC(NC3C=CC(C4C=CC=CC4)=CC3)=CC21. The second-order valence-electron chi connectivity index (χ2n) is 11.6. The highest BCUT2D eigenvalue weighted by atomic mass is 32.2. The van der Waals surface area contributed by atoms with Crippen molar-refractivity contribution in [2.24, 2.45) is 29.1 Å². The van der Waals surface area contributed by atoms with Crippen LogP contribution >= 0.6 is 11.8 Å². The molecule has 0 saturated carbocycles. The summed E-state index contributed by atoms with van der Waals surface area (Å²) in [4.78, 5) is 1.65. The summed E-state index contributed by atoms with van der Waals surface area (Å²) in [6, 6.07) is 0.372. The van der Waals surface area contributed by atoms with Gasteiger partial charge in [0.25, 0.3) is 0 Å². The zero-order valence-corrected chi connectivity index (χ0v) is 21.6. The first-order chi connectivity index (χ1) is 17.1. The summed E-state index contributed by atoms with van der Waals surface area (Å²) < 4.78 is 0. The fourth-order valence-electron chi connectivity index (χ4n) is 7.45. The smallest absolute Gasteiger partial charge is 0.0482 e. The third-order valence-electron chi connectivity index (χ3n) is 9.19. The van der Waals surface area contributed by atoms with E-state index in [1.807, 2.05) is 0 Å².